The topological polar surface area (TPSA) is 58.6 Å². The lowest BCUT2D eigenvalue weighted by molar-refractivity contribution is -0.135. The number of carbonyl (C=O) groups is 2. The third kappa shape index (κ3) is 5.25. The Morgan fingerprint density at radius 1 is 1.00 bits per heavy atom. The van der Waals surface area contributed by atoms with Crippen LogP contribution < -0.4 is 10.1 Å². The van der Waals surface area contributed by atoms with Crippen LogP contribution >= 0.6 is 0 Å². The van der Waals surface area contributed by atoms with E-state index >= 15 is 0 Å². The maximum Gasteiger partial charge on any atom is 0.224 e. The average Bonchev–Trinajstić information content (AvgIpc) is 3.48. The predicted molar refractivity (Wildman–Crippen MR) is 150 cm³/mol. The normalized spacial score (nSPS) is 21.0. The van der Waals surface area contributed by atoms with Gasteiger partial charge in [0.15, 0.2) is 5.78 Å². The number of ketones is 1. The molecule has 3 aromatic carbocycles. The van der Waals surface area contributed by atoms with Gasteiger partial charge in [-0.3, -0.25) is 14.9 Å². The van der Waals surface area contributed by atoms with Gasteiger partial charge in [-0.05, 0) is 41.0 Å². The number of carbonyl (C=O) groups excluding carboxylic acids is 2. The minimum absolute atomic E-state index is 0.0105. The number of methoxy groups -OCH3 is 1. The maximum absolute atomic E-state index is 14.0. The van der Waals surface area contributed by atoms with E-state index in [-0.39, 0.29) is 35.2 Å². The summed E-state index contributed by atoms with van der Waals surface area (Å²) < 4.78 is 5.67. The van der Waals surface area contributed by atoms with Gasteiger partial charge in [-0.1, -0.05) is 87.5 Å². The second-order valence-electron chi connectivity index (χ2n) is 11.6. The molecule has 1 saturated heterocycles. The summed E-state index contributed by atoms with van der Waals surface area (Å²) >= 11 is 0. The smallest absolute Gasteiger partial charge is 0.224 e. The Labute approximate surface area is 226 Å². The van der Waals surface area contributed by atoms with Crippen molar-refractivity contribution in [1.82, 2.24) is 10.2 Å². The quantitative estimate of drug-likeness (QED) is 0.392. The average molecular weight is 511 g/mol. The van der Waals surface area contributed by atoms with E-state index in [0.717, 1.165) is 40.8 Å². The molecule has 5 rings (SSSR count). The Morgan fingerprint density at radius 3 is 2.47 bits per heavy atom. The lowest BCUT2D eigenvalue weighted by atomic mass is 9.86. The Hall–Kier alpha value is -3.44. The van der Waals surface area contributed by atoms with Crippen LogP contribution in [0.3, 0.4) is 0 Å². The molecule has 0 bridgehead atoms. The number of ether oxygens (including phenoxy) is 1. The molecule has 1 heterocycles. The third-order valence-electron chi connectivity index (χ3n) is 8.09. The number of nitrogens with one attached hydrogen (secondary N) is 1. The molecule has 198 valence electrons. The zero-order valence-electron chi connectivity index (χ0n) is 22.9. The maximum atomic E-state index is 14.0. The van der Waals surface area contributed by atoms with E-state index < -0.39 is 0 Å². The van der Waals surface area contributed by atoms with Gasteiger partial charge in [0.25, 0.3) is 0 Å². The van der Waals surface area contributed by atoms with Gasteiger partial charge in [-0.2, -0.15) is 0 Å². The first-order chi connectivity index (χ1) is 18.3. The molecule has 0 radical (unpaired) electrons. The highest BCUT2D eigenvalue weighted by atomic mass is 16.5. The van der Waals surface area contributed by atoms with Gasteiger partial charge >= 0.3 is 0 Å². The fourth-order valence-electron chi connectivity index (χ4n) is 6.02. The van der Waals surface area contributed by atoms with Crippen molar-refractivity contribution in [2.75, 3.05) is 7.11 Å². The van der Waals surface area contributed by atoms with Crippen LogP contribution in [0.5, 0.6) is 5.75 Å². The number of rotatable bonds is 7. The molecular formula is C33H38N2O3. The third-order valence-corrected chi connectivity index (χ3v) is 8.09. The molecule has 5 heteroatoms. The van der Waals surface area contributed by atoms with Crippen LogP contribution in [-0.2, 0) is 16.8 Å². The fourth-order valence-corrected chi connectivity index (χ4v) is 6.02. The van der Waals surface area contributed by atoms with Crippen LogP contribution in [0.2, 0.25) is 0 Å². The van der Waals surface area contributed by atoms with E-state index in [9.17, 15) is 9.59 Å². The number of fused-ring (bicyclic) bond motifs is 1. The van der Waals surface area contributed by atoms with Crippen molar-refractivity contribution in [3.8, 4) is 5.75 Å². The highest BCUT2D eigenvalue weighted by Gasteiger charge is 2.40. The summed E-state index contributed by atoms with van der Waals surface area (Å²) in [6.07, 6.45) is 2.42. The van der Waals surface area contributed by atoms with Crippen LogP contribution in [0.1, 0.15) is 91.0 Å². The van der Waals surface area contributed by atoms with Crippen LogP contribution in [-0.4, -0.2) is 29.9 Å². The van der Waals surface area contributed by atoms with Crippen molar-refractivity contribution in [2.45, 2.75) is 76.5 Å². The zero-order chi connectivity index (χ0) is 26.9. The van der Waals surface area contributed by atoms with Gasteiger partial charge in [-0.25, -0.2) is 0 Å². The first-order valence-corrected chi connectivity index (χ1v) is 13.6. The molecule has 0 aromatic heterocycles. The Bertz CT molecular complexity index is 1310. The van der Waals surface area contributed by atoms with Crippen molar-refractivity contribution < 1.29 is 14.3 Å². The van der Waals surface area contributed by atoms with Crippen LogP contribution in [0.25, 0.3) is 0 Å². The summed E-state index contributed by atoms with van der Waals surface area (Å²) in [5.41, 5.74) is 5.30. The van der Waals surface area contributed by atoms with Crippen molar-refractivity contribution in [1.29, 1.82) is 0 Å². The van der Waals surface area contributed by atoms with Gasteiger partial charge in [-0.15, -0.1) is 0 Å². The number of nitrogens with zero attached hydrogens (tertiary/aromatic N) is 1. The lowest BCUT2D eigenvalue weighted by Gasteiger charge is -2.32. The highest BCUT2D eigenvalue weighted by Crippen LogP contribution is 2.40. The van der Waals surface area contributed by atoms with E-state index in [1.807, 2.05) is 53.4 Å². The van der Waals surface area contributed by atoms with E-state index in [1.54, 1.807) is 7.11 Å². The number of Topliss-reactive ketones (excluding diaryl/α,β-unsaturated/α-hetero) is 1. The summed E-state index contributed by atoms with van der Waals surface area (Å²) in [7, 11) is 1.70. The van der Waals surface area contributed by atoms with E-state index in [1.165, 1.54) is 5.56 Å². The van der Waals surface area contributed by atoms with E-state index in [4.69, 9.17) is 4.74 Å². The van der Waals surface area contributed by atoms with E-state index in [2.05, 4.69) is 50.4 Å². The molecular weight excluding hydrogens is 472 g/mol. The Balaban J connectivity index is 1.39. The fraction of sp³-hybridized carbons (Fsp3) is 0.394. The van der Waals surface area contributed by atoms with Crippen molar-refractivity contribution >= 4 is 11.7 Å². The molecule has 1 aliphatic heterocycles. The second kappa shape index (κ2) is 10.7. The minimum atomic E-state index is -0.0944. The Kier molecular flexibility index (Phi) is 7.40. The monoisotopic (exact) mass is 510 g/mol. The first-order valence-electron chi connectivity index (χ1n) is 13.6. The Morgan fingerprint density at radius 2 is 1.74 bits per heavy atom. The molecule has 5 nitrogen and oxygen atoms in total. The summed E-state index contributed by atoms with van der Waals surface area (Å²) in [5.74, 6) is 1.02. The number of likely N-dealkylation sites (tertiary alicyclic amines) is 1. The summed E-state index contributed by atoms with van der Waals surface area (Å²) in [6.45, 7) is 7.23. The number of amides is 1. The molecule has 1 amide bonds. The molecule has 0 saturated carbocycles. The van der Waals surface area contributed by atoms with Crippen molar-refractivity contribution in [3.63, 3.8) is 0 Å². The summed E-state index contributed by atoms with van der Waals surface area (Å²) in [6, 6.07) is 24.4. The van der Waals surface area contributed by atoms with Gasteiger partial charge in [0.2, 0.25) is 5.91 Å². The standard InChI is InChI=1S/C33H38N2O3/c1-33(2,3)25-14-16-30(38-4)24(18-25)21-34-31-17-15-28(22-10-6-5-7-11-22)35(31)32(37)20-23-19-29(36)27-13-9-8-12-26(23)27/h5-14,16,18,23,28,31,34H,15,17,19-21H2,1-4H3. The molecule has 3 atom stereocenters. The molecule has 1 N–H and O–H groups in total. The number of hydrogen-bond donors (Lipinski definition) is 1. The summed E-state index contributed by atoms with van der Waals surface area (Å²) in [5, 5.41) is 3.69. The van der Waals surface area contributed by atoms with Crippen LogP contribution in [0.4, 0.5) is 0 Å². The molecule has 0 spiro atoms. The first kappa shape index (κ1) is 26.2. The van der Waals surface area contributed by atoms with E-state index in [0.29, 0.717) is 19.4 Å². The SMILES string of the molecule is COc1ccc(C(C)(C)C)cc1CNC1CCC(c2ccccc2)N1C(=O)CC1CC(=O)c2ccccc21. The molecule has 1 aliphatic carbocycles. The zero-order valence-corrected chi connectivity index (χ0v) is 22.9. The number of benzene rings is 3. The summed E-state index contributed by atoms with van der Waals surface area (Å²) in [4.78, 5) is 28.6. The van der Waals surface area contributed by atoms with Crippen LogP contribution in [0.15, 0.2) is 72.8 Å². The van der Waals surface area contributed by atoms with Gasteiger partial charge in [0.05, 0.1) is 19.3 Å². The molecule has 38 heavy (non-hydrogen) atoms. The van der Waals surface area contributed by atoms with Gasteiger partial charge < -0.3 is 9.64 Å². The molecule has 3 aromatic rings. The largest absolute Gasteiger partial charge is 0.496 e. The van der Waals surface area contributed by atoms with Crippen LogP contribution in [0, 0.1) is 0 Å². The molecule has 2 aliphatic rings. The van der Waals surface area contributed by atoms with Crippen molar-refractivity contribution in [3.05, 3.63) is 101 Å². The lowest BCUT2D eigenvalue weighted by Crippen LogP contribution is -2.45. The molecule has 1 fully saturated rings. The second-order valence-corrected chi connectivity index (χ2v) is 11.6. The van der Waals surface area contributed by atoms with Gasteiger partial charge in [0.1, 0.15) is 5.75 Å². The highest BCUT2D eigenvalue weighted by molar-refractivity contribution is 6.02. The van der Waals surface area contributed by atoms with Crippen molar-refractivity contribution in [2.24, 2.45) is 0 Å². The predicted octanol–water partition coefficient (Wildman–Crippen LogP) is 6.53. The minimum Gasteiger partial charge on any atom is -0.496 e. The number of hydrogen-bond acceptors (Lipinski definition) is 4. The molecule has 3 unspecified atom stereocenters. The van der Waals surface area contributed by atoms with Gasteiger partial charge in [0, 0.05) is 36.4 Å².